The van der Waals surface area contributed by atoms with Crippen molar-refractivity contribution < 1.29 is 0 Å². The highest BCUT2D eigenvalue weighted by atomic mass is 127. The highest BCUT2D eigenvalue weighted by Crippen LogP contribution is 2.11. The van der Waals surface area contributed by atoms with E-state index in [1.165, 1.54) is 3.57 Å². The Morgan fingerprint density at radius 1 is 1.23 bits per heavy atom. The molecule has 1 aromatic heterocycles. The summed E-state index contributed by atoms with van der Waals surface area (Å²) in [5.74, 6) is 0. The molecule has 0 fully saturated rings. The fraction of sp³-hybridized carbons (Fsp3) is 0.100. The van der Waals surface area contributed by atoms with Gasteiger partial charge in [0.15, 0.2) is 0 Å². The zero-order chi connectivity index (χ0) is 9.26. The number of hydrogen-bond donors (Lipinski definition) is 0. The number of hydrogen-bond acceptors (Lipinski definition) is 1. The third-order valence-corrected chi connectivity index (χ3v) is 2.56. The fourth-order valence-corrected chi connectivity index (χ4v) is 1.54. The second-order valence-electron chi connectivity index (χ2n) is 2.90. The molecule has 13 heavy (non-hydrogen) atoms. The van der Waals surface area contributed by atoms with Gasteiger partial charge in [-0.1, -0.05) is 0 Å². The first kappa shape index (κ1) is 8.74. The van der Waals surface area contributed by atoms with Gasteiger partial charge in [-0.25, -0.2) is 4.98 Å². The molecule has 0 radical (unpaired) electrons. The molecular formula is C10H9IN2. The van der Waals surface area contributed by atoms with E-state index in [0.717, 1.165) is 11.4 Å². The Morgan fingerprint density at radius 3 is 2.46 bits per heavy atom. The van der Waals surface area contributed by atoms with Crippen molar-refractivity contribution >= 4 is 22.6 Å². The van der Waals surface area contributed by atoms with Crippen LogP contribution in [0.25, 0.3) is 5.69 Å². The van der Waals surface area contributed by atoms with Crippen LogP contribution in [0.2, 0.25) is 0 Å². The zero-order valence-electron chi connectivity index (χ0n) is 7.24. The van der Waals surface area contributed by atoms with E-state index in [2.05, 4.69) is 51.8 Å². The lowest BCUT2D eigenvalue weighted by atomic mass is 10.3. The zero-order valence-corrected chi connectivity index (χ0v) is 9.39. The predicted octanol–water partition coefficient (Wildman–Crippen LogP) is 2.79. The normalized spacial score (nSPS) is 10.3. The molecule has 3 heteroatoms. The Balaban J connectivity index is 2.41. The Bertz CT molecular complexity index is 403. The van der Waals surface area contributed by atoms with Gasteiger partial charge in [-0.05, 0) is 53.8 Å². The van der Waals surface area contributed by atoms with Gasteiger partial charge in [-0.2, -0.15) is 0 Å². The lowest BCUT2D eigenvalue weighted by Gasteiger charge is -2.00. The quantitative estimate of drug-likeness (QED) is 0.736. The standard InChI is InChI=1S/C10H9IN2/c1-8-6-13(7-12-8)10-4-2-9(11)3-5-10/h2-7H,1H3. The van der Waals surface area contributed by atoms with Gasteiger partial charge in [-0.15, -0.1) is 0 Å². The van der Waals surface area contributed by atoms with E-state index in [1.807, 2.05) is 24.0 Å². The summed E-state index contributed by atoms with van der Waals surface area (Å²) in [5, 5.41) is 0. The Morgan fingerprint density at radius 2 is 1.92 bits per heavy atom. The number of imidazole rings is 1. The molecule has 1 heterocycles. The van der Waals surface area contributed by atoms with Crippen LogP contribution in [0, 0.1) is 10.5 Å². The van der Waals surface area contributed by atoms with Gasteiger partial charge in [0.25, 0.3) is 0 Å². The second kappa shape index (κ2) is 3.49. The van der Waals surface area contributed by atoms with Crippen LogP contribution >= 0.6 is 22.6 Å². The van der Waals surface area contributed by atoms with Gasteiger partial charge in [0, 0.05) is 15.5 Å². The summed E-state index contributed by atoms with van der Waals surface area (Å²) in [4.78, 5) is 4.18. The van der Waals surface area contributed by atoms with Crippen LogP contribution in [-0.4, -0.2) is 9.55 Å². The van der Waals surface area contributed by atoms with Crippen LogP contribution in [0.15, 0.2) is 36.8 Å². The SMILES string of the molecule is Cc1cn(-c2ccc(I)cc2)cn1. The van der Waals surface area contributed by atoms with Gasteiger partial charge in [0.1, 0.15) is 0 Å². The topological polar surface area (TPSA) is 17.8 Å². The molecule has 0 saturated heterocycles. The largest absolute Gasteiger partial charge is 0.306 e. The maximum Gasteiger partial charge on any atom is 0.0995 e. The van der Waals surface area contributed by atoms with Crippen LogP contribution in [0.4, 0.5) is 0 Å². The number of rotatable bonds is 1. The maximum absolute atomic E-state index is 4.18. The molecule has 2 aromatic rings. The molecule has 0 bridgehead atoms. The molecule has 1 aromatic carbocycles. The van der Waals surface area contributed by atoms with E-state index in [4.69, 9.17) is 0 Å². The first-order valence-corrected chi connectivity index (χ1v) is 5.10. The van der Waals surface area contributed by atoms with E-state index in [1.54, 1.807) is 0 Å². The molecule has 0 amide bonds. The van der Waals surface area contributed by atoms with E-state index in [0.29, 0.717) is 0 Å². The van der Waals surface area contributed by atoms with Crippen molar-refractivity contribution in [3.8, 4) is 5.69 Å². The second-order valence-corrected chi connectivity index (χ2v) is 4.14. The first-order valence-electron chi connectivity index (χ1n) is 4.02. The van der Waals surface area contributed by atoms with E-state index in [9.17, 15) is 0 Å². The van der Waals surface area contributed by atoms with Crippen molar-refractivity contribution in [2.45, 2.75) is 6.92 Å². The maximum atomic E-state index is 4.18. The molecule has 0 spiro atoms. The number of benzene rings is 1. The van der Waals surface area contributed by atoms with Gasteiger partial charge in [0.05, 0.1) is 12.0 Å². The van der Waals surface area contributed by atoms with Crippen molar-refractivity contribution in [3.63, 3.8) is 0 Å². The fourth-order valence-electron chi connectivity index (χ4n) is 1.18. The number of halogens is 1. The first-order chi connectivity index (χ1) is 6.25. The van der Waals surface area contributed by atoms with Crippen molar-refractivity contribution in [1.29, 1.82) is 0 Å². The molecule has 0 N–H and O–H groups in total. The summed E-state index contributed by atoms with van der Waals surface area (Å²) in [6, 6.07) is 8.35. The Kier molecular flexibility index (Phi) is 2.35. The van der Waals surface area contributed by atoms with Crippen LogP contribution in [-0.2, 0) is 0 Å². The molecular weight excluding hydrogens is 275 g/mol. The minimum Gasteiger partial charge on any atom is -0.306 e. The van der Waals surface area contributed by atoms with Crippen LogP contribution in [0.5, 0.6) is 0 Å². The molecule has 0 aliphatic rings. The third-order valence-electron chi connectivity index (χ3n) is 1.84. The summed E-state index contributed by atoms with van der Waals surface area (Å²) in [6.07, 6.45) is 3.85. The summed E-state index contributed by atoms with van der Waals surface area (Å²) in [7, 11) is 0. The number of aromatic nitrogens is 2. The number of nitrogens with zero attached hydrogens (tertiary/aromatic N) is 2. The van der Waals surface area contributed by atoms with Gasteiger partial charge in [0.2, 0.25) is 0 Å². The molecule has 0 aliphatic carbocycles. The molecule has 2 rings (SSSR count). The van der Waals surface area contributed by atoms with Crippen molar-refractivity contribution in [3.05, 3.63) is 46.1 Å². The molecule has 0 atom stereocenters. The Labute approximate surface area is 90.8 Å². The third kappa shape index (κ3) is 1.91. The van der Waals surface area contributed by atoms with Gasteiger partial charge < -0.3 is 4.57 Å². The van der Waals surface area contributed by atoms with E-state index < -0.39 is 0 Å². The lowest BCUT2D eigenvalue weighted by molar-refractivity contribution is 1.06. The summed E-state index contributed by atoms with van der Waals surface area (Å²) in [5.41, 5.74) is 2.19. The average Bonchev–Trinajstić information content (AvgIpc) is 2.53. The molecule has 0 saturated carbocycles. The number of aryl methyl sites for hydroxylation is 1. The van der Waals surface area contributed by atoms with Crippen molar-refractivity contribution in [1.82, 2.24) is 9.55 Å². The van der Waals surface area contributed by atoms with Gasteiger partial charge in [-0.3, -0.25) is 0 Å². The van der Waals surface area contributed by atoms with Crippen LogP contribution in [0.3, 0.4) is 0 Å². The van der Waals surface area contributed by atoms with Crippen molar-refractivity contribution in [2.75, 3.05) is 0 Å². The monoisotopic (exact) mass is 284 g/mol. The van der Waals surface area contributed by atoms with Gasteiger partial charge >= 0.3 is 0 Å². The Hall–Kier alpha value is -0.840. The summed E-state index contributed by atoms with van der Waals surface area (Å²) >= 11 is 2.30. The minimum absolute atomic E-state index is 1.04. The van der Waals surface area contributed by atoms with Crippen LogP contribution in [0.1, 0.15) is 5.69 Å². The van der Waals surface area contributed by atoms with Crippen molar-refractivity contribution in [2.24, 2.45) is 0 Å². The van der Waals surface area contributed by atoms with E-state index >= 15 is 0 Å². The summed E-state index contributed by atoms with van der Waals surface area (Å²) < 4.78 is 3.27. The molecule has 66 valence electrons. The highest BCUT2D eigenvalue weighted by molar-refractivity contribution is 14.1. The smallest absolute Gasteiger partial charge is 0.0995 e. The van der Waals surface area contributed by atoms with Crippen LogP contribution < -0.4 is 0 Å². The lowest BCUT2D eigenvalue weighted by Crippen LogP contribution is -1.88. The minimum atomic E-state index is 1.04. The predicted molar refractivity (Wildman–Crippen MR) is 61.0 cm³/mol. The molecule has 0 unspecified atom stereocenters. The molecule has 0 aliphatic heterocycles. The highest BCUT2D eigenvalue weighted by Gasteiger charge is 1.96. The average molecular weight is 284 g/mol. The summed E-state index contributed by atoms with van der Waals surface area (Å²) in [6.45, 7) is 1.99. The van der Waals surface area contributed by atoms with E-state index in [-0.39, 0.29) is 0 Å². The molecule has 2 nitrogen and oxygen atoms in total.